The highest BCUT2D eigenvalue weighted by molar-refractivity contribution is 6.18. The fraction of sp³-hybridized carbons (Fsp3) is 0.273. The Labute approximate surface area is 123 Å². The average molecular weight is 320 g/mol. The molecule has 8 nitrogen and oxygen atoms in total. The quantitative estimate of drug-likeness (QED) is 0.472. The molecule has 0 saturated carbocycles. The molecule has 0 atom stereocenters. The molecule has 21 heavy (non-hydrogen) atoms. The molecule has 114 valence electrons. The summed E-state index contributed by atoms with van der Waals surface area (Å²) in [5, 5.41) is 21.6. The molecule has 2 amide bonds. The minimum atomic E-state index is -1.32. The second-order valence-electron chi connectivity index (χ2n) is 3.86. The van der Waals surface area contributed by atoms with Gasteiger partial charge in [-0.15, -0.1) is 11.6 Å². The lowest BCUT2D eigenvalue weighted by Gasteiger charge is -2.17. The zero-order valence-corrected chi connectivity index (χ0v) is 11.3. The van der Waals surface area contributed by atoms with Gasteiger partial charge < -0.3 is 10.4 Å². The minimum Gasteiger partial charge on any atom is -0.465 e. The van der Waals surface area contributed by atoms with Crippen LogP contribution in [0.15, 0.2) is 18.2 Å². The maximum absolute atomic E-state index is 13.1. The summed E-state index contributed by atoms with van der Waals surface area (Å²) in [7, 11) is 0. The molecule has 0 radical (unpaired) electrons. The van der Waals surface area contributed by atoms with Gasteiger partial charge >= 0.3 is 11.8 Å². The topological polar surface area (TPSA) is 113 Å². The molecule has 0 heterocycles. The first kappa shape index (κ1) is 16.6. The molecule has 0 saturated heterocycles. The number of carbonyl (C=O) groups is 2. The fourth-order valence-electron chi connectivity index (χ4n) is 1.45. The normalized spacial score (nSPS) is 10.0. The predicted octanol–water partition coefficient (Wildman–Crippen LogP) is 1.89. The van der Waals surface area contributed by atoms with Crippen molar-refractivity contribution in [2.24, 2.45) is 0 Å². The van der Waals surface area contributed by atoms with Gasteiger partial charge in [-0.2, -0.15) is 4.39 Å². The second-order valence-corrected chi connectivity index (χ2v) is 4.24. The zero-order valence-electron chi connectivity index (χ0n) is 10.6. The third-order valence-electron chi connectivity index (χ3n) is 2.39. The zero-order chi connectivity index (χ0) is 16.0. The van der Waals surface area contributed by atoms with Crippen LogP contribution in [-0.2, 0) is 4.79 Å². The lowest BCUT2D eigenvalue weighted by atomic mass is 10.2. The SMILES string of the molecule is O=C(CN(CCCl)C(=O)O)Nc1ccc(F)c([N+](=O)[O-])c1. The van der Waals surface area contributed by atoms with E-state index in [4.69, 9.17) is 16.7 Å². The summed E-state index contributed by atoms with van der Waals surface area (Å²) in [6.45, 7) is -0.541. The van der Waals surface area contributed by atoms with Gasteiger partial charge in [0.25, 0.3) is 0 Å². The molecule has 0 aromatic heterocycles. The highest BCUT2D eigenvalue weighted by atomic mass is 35.5. The van der Waals surface area contributed by atoms with Crippen LogP contribution in [-0.4, -0.2) is 45.9 Å². The Morgan fingerprint density at radius 2 is 2.14 bits per heavy atom. The Kier molecular flexibility index (Phi) is 5.85. The van der Waals surface area contributed by atoms with Gasteiger partial charge in [0, 0.05) is 24.2 Å². The van der Waals surface area contributed by atoms with Gasteiger partial charge in [0.1, 0.15) is 6.54 Å². The third-order valence-corrected chi connectivity index (χ3v) is 2.56. The van der Waals surface area contributed by atoms with Crippen LogP contribution in [0.1, 0.15) is 0 Å². The van der Waals surface area contributed by atoms with Crippen LogP contribution in [0, 0.1) is 15.9 Å². The second kappa shape index (κ2) is 7.39. The van der Waals surface area contributed by atoms with Gasteiger partial charge in [-0.3, -0.25) is 19.8 Å². The maximum atomic E-state index is 13.1. The van der Waals surface area contributed by atoms with Crippen molar-refractivity contribution in [3.63, 3.8) is 0 Å². The molecule has 1 aromatic rings. The van der Waals surface area contributed by atoms with E-state index in [1.165, 1.54) is 0 Å². The van der Waals surface area contributed by atoms with Gasteiger partial charge in [-0.05, 0) is 12.1 Å². The van der Waals surface area contributed by atoms with E-state index in [9.17, 15) is 24.1 Å². The number of hydrogen-bond donors (Lipinski definition) is 2. The van der Waals surface area contributed by atoms with Crippen LogP contribution in [0.2, 0.25) is 0 Å². The number of benzene rings is 1. The molecule has 0 bridgehead atoms. The summed E-state index contributed by atoms with van der Waals surface area (Å²) in [5.41, 5.74) is -0.798. The minimum absolute atomic E-state index is 0.00990. The number of halogens is 2. The van der Waals surface area contributed by atoms with Crippen molar-refractivity contribution in [2.75, 3.05) is 24.3 Å². The summed E-state index contributed by atoms with van der Waals surface area (Å²) >= 11 is 5.40. The number of alkyl halides is 1. The molecule has 1 rings (SSSR count). The Morgan fingerprint density at radius 1 is 1.48 bits per heavy atom. The van der Waals surface area contributed by atoms with E-state index in [0.29, 0.717) is 0 Å². The van der Waals surface area contributed by atoms with Crippen molar-refractivity contribution >= 4 is 35.0 Å². The maximum Gasteiger partial charge on any atom is 0.407 e. The number of nitrogens with zero attached hydrogens (tertiary/aromatic N) is 2. The Balaban J connectivity index is 2.77. The van der Waals surface area contributed by atoms with Crippen LogP contribution in [0.4, 0.5) is 20.6 Å². The van der Waals surface area contributed by atoms with Gasteiger partial charge in [0.15, 0.2) is 0 Å². The van der Waals surface area contributed by atoms with Crippen molar-refractivity contribution in [3.05, 3.63) is 34.1 Å². The average Bonchev–Trinajstić information content (AvgIpc) is 2.40. The largest absolute Gasteiger partial charge is 0.465 e. The van der Waals surface area contributed by atoms with Crippen LogP contribution in [0.3, 0.4) is 0 Å². The van der Waals surface area contributed by atoms with Crippen molar-refractivity contribution < 1.29 is 24.0 Å². The van der Waals surface area contributed by atoms with E-state index in [1.54, 1.807) is 0 Å². The number of nitrogens with one attached hydrogen (secondary N) is 1. The van der Waals surface area contributed by atoms with E-state index in [-0.39, 0.29) is 18.1 Å². The molecular weight excluding hydrogens is 309 g/mol. The van der Waals surface area contributed by atoms with Gasteiger partial charge in [0.2, 0.25) is 11.7 Å². The molecule has 0 aliphatic heterocycles. The van der Waals surface area contributed by atoms with E-state index in [0.717, 1.165) is 23.1 Å². The fourth-order valence-corrected chi connectivity index (χ4v) is 1.65. The monoisotopic (exact) mass is 319 g/mol. The van der Waals surface area contributed by atoms with Crippen LogP contribution >= 0.6 is 11.6 Å². The van der Waals surface area contributed by atoms with E-state index in [2.05, 4.69) is 5.32 Å². The Bertz CT molecular complexity index is 569. The molecule has 2 N–H and O–H groups in total. The first-order chi connectivity index (χ1) is 9.85. The number of nitro groups is 1. The molecule has 0 aliphatic carbocycles. The molecule has 0 unspecified atom stereocenters. The number of amides is 2. The summed E-state index contributed by atoms with van der Waals surface area (Å²) < 4.78 is 13.1. The smallest absolute Gasteiger partial charge is 0.407 e. The standard InChI is InChI=1S/C11H11ClFN3O5/c12-3-4-15(11(18)19)6-10(17)14-7-1-2-8(13)9(5-7)16(20)21/h1-2,5H,3-4,6H2,(H,14,17)(H,18,19). The van der Waals surface area contributed by atoms with Gasteiger partial charge in [-0.25, -0.2) is 4.79 Å². The molecule has 1 aromatic carbocycles. The van der Waals surface area contributed by atoms with Crippen LogP contribution in [0.5, 0.6) is 0 Å². The van der Waals surface area contributed by atoms with E-state index >= 15 is 0 Å². The van der Waals surface area contributed by atoms with Crippen LogP contribution in [0.25, 0.3) is 0 Å². The number of hydrogen-bond acceptors (Lipinski definition) is 4. The summed E-state index contributed by atoms with van der Waals surface area (Å²) in [6.07, 6.45) is -1.32. The highest BCUT2D eigenvalue weighted by Gasteiger charge is 2.18. The van der Waals surface area contributed by atoms with Crippen LogP contribution < -0.4 is 5.32 Å². The lowest BCUT2D eigenvalue weighted by Crippen LogP contribution is -2.38. The molecule has 0 aliphatic rings. The van der Waals surface area contributed by atoms with Crippen molar-refractivity contribution in [1.29, 1.82) is 0 Å². The van der Waals surface area contributed by atoms with Gasteiger partial charge in [-0.1, -0.05) is 0 Å². The van der Waals surface area contributed by atoms with Gasteiger partial charge in [0.05, 0.1) is 4.92 Å². The van der Waals surface area contributed by atoms with Crippen molar-refractivity contribution in [3.8, 4) is 0 Å². The van der Waals surface area contributed by atoms with Crippen molar-refractivity contribution in [2.45, 2.75) is 0 Å². The molecule has 0 spiro atoms. The number of anilines is 1. The predicted molar refractivity (Wildman–Crippen MR) is 72.0 cm³/mol. The summed E-state index contributed by atoms with van der Waals surface area (Å²) in [6, 6.07) is 2.81. The third kappa shape index (κ3) is 4.88. The van der Waals surface area contributed by atoms with E-state index < -0.39 is 35.0 Å². The lowest BCUT2D eigenvalue weighted by molar-refractivity contribution is -0.387. The summed E-state index contributed by atoms with van der Waals surface area (Å²) in [5.74, 6) is -1.74. The highest BCUT2D eigenvalue weighted by Crippen LogP contribution is 2.21. The number of carbonyl (C=O) groups excluding carboxylic acids is 1. The Morgan fingerprint density at radius 3 is 2.67 bits per heavy atom. The number of rotatable bonds is 6. The molecule has 0 fully saturated rings. The summed E-state index contributed by atoms with van der Waals surface area (Å²) in [4.78, 5) is 32.9. The first-order valence-corrected chi connectivity index (χ1v) is 6.16. The van der Waals surface area contributed by atoms with Crippen molar-refractivity contribution in [1.82, 2.24) is 4.90 Å². The number of nitro benzene ring substituents is 1. The number of carboxylic acid groups (broad SMARTS) is 1. The Hall–Kier alpha value is -2.42. The first-order valence-electron chi connectivity index (χ1n) is 5.62. The van der Waals surface area contributed by atoms with E-state index in [1.807, 2.05) is 0 Å². The molecular formula is C11H11ClFN3O5. The molecule has 10 heteroatoms.